The molecule has 0 N–H and O–H groups in total. The number of ether oxygens (including phenoxy) is 1. The molecule has 1 saturated heterocycles. The molecule has 2 atom stereocenters. The number of alkyl halides is 2. The smallest absolute Gasteiger partial charge is 0.0583 e. The van der Waals surface area contributed by atoms with E-state index >= 15 is 0 Å². The molecule has 0 aliphatic carbocycles. The van der Waals surface area contributed by atoms with Gasteiger partial charge in [-0.1, -0.05) is 31.9 Å². The minimum Gasteiger partial charge on any atom is -0.375 e. The third kappa shape index (κ3) is 3.35. The van der Waals surface area contributed by atoms with Gasteiger partial charge in [-0.3, -0.25) is 0 Å². The fourth-order valence-electron chi connectivity index (χ4n) is 1.60. The monoisotopic (exact) mass is 298 g/mol. The number of hydrogen-bond acceptors (Lipinski definition) is 1. The maximum absolute atomic E-state index is 5.75. The summed E-state index contributed by atoms with van der Waals surface area (Å²) in [4.78, 5) is 0. The second-order valence-electron chi connectivity index (χ2n) is 3.56. The number of rotatable bonds is 4. The molecule has 1 nitrogen and oxygen atoms in total. The highest BCUT2D eigenvalue weighted by Crippen LogP contribution is 2.25. The van der Waals surface area contributed by atoms with Gasteiger partial charge in [0.15, 0.2) is 0 Å². The van der Waals surface area contributed by atoms with E-state index in [-0.39, 0.29) is 0 Å². The van der Waals surface area contributed by atoms with Crippen LogP contribution in [-0.2, 0) is 4.74 Å². The van der Waals surface area contributed by atoms with Crippen molar-refractivity contribution in [1.29, 1.82) is 0 Å². The summed E-state index contributed by atoms with van der Waals surface area (Å²) in [6.07, 6.45) is 4.68. The Balaban J connectivity index is 2.21. The van der Waals surface area contributed by atoms with Gasteiger partial charge < -0.3 is 4.74 Å². The summed E-state index contributed by atoms with van der Waals surface area (Å²) >= 11 is 7.03. The summed E-state index contributed by atoms with van der Waals surface area (Å²) < 4.78 is 5.75. The fourth-order valence-corrected chi connectivity index (χ4v) is 3.20. The van der Waals surface area contributed by atoms with Gasteiger partial charge in [-0.15, -0.1) is 0 Å². The predicted molar refractivity (Wildman–Crippen MR) is 59.3 cm³/mol. The fraction of sp³-hybridized carbons (Fsp3) is 1.00. The highest BCUT2D eigenvalue weighted by molar-refractivity contribution is 9.09. The molecule has 1 aliphatic heterocycles. The van der Waals surface area contributed by atoms with Crippen LogP contribution in [0.5, 0.6) is 0 Å². The Morgan fingerprint density at radius 1 is 1.33 bits per heavy atom. The van der Waals surface area contributed by atoms with Crippen molar-refractivity contribution in [3.63, 3.8) is 0 Å². The Bertz CT molecular complexity index is 126. The van der Waals surface area contributed by atoms with Gasteiger partial charge in [0.25, 0.3) is 0 Å². The lowest BCUT2D eigenvalue weighted by Crippen LogP contribution is -2.16. The SMILES string of the molecule is CC1CCC(CC(CBr)CBr)O1. The molecule has 0 radical (unpaired) electrons. The third-order valence-corrected chi connectivity index (χ3v) is 4.18. The van der Waals surface area contributed by atoms with Crippen molar-refractivity contribution in [1.82, 2.24) is 0 Å². The molecule has 1 aliphatic rings. The molecule has 0 aromatic heterocycles. The molecule has 0 amide bonds. The van der Waals surface area contributed by atoms with Gasteiger partial charge in [-0.2, -0.15) is 0 Å². The van der Waals surface area contributed by atoms with E-state index in [1.165, 1.54) is 19.3 Å². The van der Waals surface area contributed by atoms with Crippen LogP contribution in [0.25, 0.3) is 0 Å². The highest BCUT2D eigenvalue weighted by atomic mass is 79.9. The first kappa shape index (κ1) is 11.0. The van der Waals surface area contributed by atoms with E-state index in [0.29, 0.717) is 12.2 Å². The molecule has 2 unspecified atom stereocenters. The van der Waals surface area contributed by atoms with Gasteiger partial charge in [0, 0.05) is 10.7 Å². The van der Waals surface area contributed by atoms with E-state index in [9.17, 15) is 0 Å². The van der Waals surface area contributed by atoms with Crippen LogP contribution in [0.15, 0.2) is 0 Å². The number of halogens is 2. The zero-order valence-electron chi connectivity index (χ0n) is 7.43. The van der Waals surface area contributed by atoms with E-state index in [0.717, 1.165) is 16.6 Å². The molecule has 12 heavy (non-hydrogen) atoms. The third-order valence-electron chi connectivity index (χ3n) is 2.35. The Kier molecular flexibility index (Phi) is 5.14. The molecule has 0 spiro atoms. The van der Waals surface area contributed by atoms with Crippen LogP contribution < -0.4 is 0 Å². The first-order valence-corrected chi connectivity index (χ1v) is 6.78. The van der Waals surface area contributed by atoms with Gasteiger partial charge in [0.05, 0.1) is 12.2 Å². The second kappa shape index (κ2) is 5.61. The summed E-state index contributed by atoms with van der Waals surface area (Å²) in [6.45, 7) is 2.16. The van der Waals surface area contributed by atoms with Crippen molar-refractivity contribution in [3.8, 4) is 0 Å². The summed E-state index contributed by atoms with van der Waals surface area (Å²) in [6, 6.07) is 0. The molecule has 0 aromatic carbocycles. The van der Waals surface area contributed by atoms with Crippen LogP contribution >= 0.6 is 31.9 Å². The van der Waals surface area contributed by atoms with Crippen molar-refractivity contribution in [3.05, 3.63) is 0 Å². The zero-order valence-corrected chi connectivity index (χ0v) is 10.6. The molecular weight excluding hydrogens is 284 g/mol. The van der Waals surface area contributed by atoms with Gasteiger partial charge in [0.1, 0.15) is 0 Å². The van der Waals surface area contributed by atoms with E-state index in [1.807, 2.05) is 0 Å². The van der Waals surface area contributed by atoms with Crippen molar-refractivity contribution < 1.29 is 4.74 Å². The first-order valence-electron chi connectivity index (χ1n) is 4.53. The topological polar surface area (TPSA) is 9.23 Å². The highest BCUT2D eigenvalue weighted by Gasteiger charge is 2.23. The zero-order chi connectivity index (χ0) is 8.97. The van der Waals surface area contributed by atoms with E-state index in [4.69, 9.17) is 4.74 Å². The van der Waals surface area contributed by atoms with Gasteiger partial charge in [-0.05, 0) is 32.1 Å². The molecule has 1 heterocycles. The molecular formula is C9H16Br2O. The minimum absolute atomic E-state index is 0.487. The normalized spacial score (nSPS) is 30.0. The Morgan fingerprint density at radius 2 is 2.00 bits per heavy atom. The maximum Gasteiger partial charge on any atom is 0.0583 e. The molecule has 0 saturated carbocycles. The molecule has 0 aromatic rings. The van der Waals surface area contributed by atoms with Crippen molar-refractivity contribution in [2.75, 3.05) is 10.7 Å². The average Bonchev–Trinajstić information content (AvgIpc) is 2.47. The summed E-state index contributed by atoms with van der Waals surface area (Å²) in [5, 5.41) is 2.15. The van der Waals surface area contributed by atoms with Crippen LogP contribution in [0.3, 0.4) is 0 Å². The van der Waals surface area contributed by atoms with Crippen LogP contribution in [0.1, 0.15) is 26.2 Å². The Labute approximate surface area is 91.5 Å². The van der Waals surface area contributed by atoms with Crippen LogP contribution in [-0.4, -0.2) is 22.9 Å². The van der Waals surface area contributed by atoms with E-state index < -0.39 is 0 Å². The molecule has 3 heteroatoms. The number of hydrogen-bond donors (Lipinski definition) is 0. The van der Waals surface area contributed by atoms with E-state index in [1.54, 1.807) is 0 Å². The lowest BCUT2D eigenvalue weighted by Gasteiger charge is -2.16. The average molecular weight is 300 g/mol. The standard InChI is InChI=1S/C9H16Br2O/c1-7-2-3-9(12-7)4-8(5-10)6-11/h7-9H,2-6H2,1H3. The lowest BCUT2D eigenvalue weighted by molar-refractivity contribution is 0.0446. The van der Waals surface area contributed by atoms with Gasteiger partial charge in [-0.25, -0.2) is 0 Å². The Hall–Kier alpha value is 0.920. The van der Waals surface area contributed by atoms with Crippen molar-refractivity contribution in [2.45, 2.75) is 38.4 Å². The van der Waals surface area contributed by atoms with E-state index in [2.05, 4.69) is 38.8 Å². The van der Waals surface area contributed by atoms with Crippen LogP contribution in [0.2, 0.25) is 0 Å². The van der Waals surface area contributed by atoms with Crippen LogP contribution in [0, 0.1) is 5.92 Å². The molecule has 72 valence electrons. The van der Waals surface area contributed by atoms with Crippen molar-refractivity contribution in [2.24, 2.45) is 5.92 Å². The van der Waals surface area contributed by atoms with Crippen molar-refractivity contribution >= 4 is 31.9 Å². The molecule has 0 bridgehead atoms. The van der Waals surface area contributed by atoms with Crippen LogP contribution in [0.4, 0.5) is 0 Å². The van der Waals surface area contributed by atoms with Gasteiger partial charge in [0.2, 0.25) is 0 Å². The lowest BCUT2D eigenvalue weighted by atomic mass is 10.0. The van der Waals surface area contributed by atoms with Gasteiger partial charge >= 0.3 is 0 Å². The minimum atomic E-state index is 0.487. The summed E-state index contributed by atoms with van der Waals surface area (Å²) in [5.41, 5.74) is 0. The summed E-state index contributed by atoms with van der Waals surface area (Å²) in [7, 11) is 0. The Morgan fingerprint density at radius 3 is 2.42 bits per heavy atom. The maximum atomic E-state index is 5.75. The molecule has 1 rings (SSSR count). The quantitative estimate of drug-likeness (QED) is 0.724. The second-order valence-corrected chi connectivity index (χ2v) is 4.85. The first-order chi connectivity index (χ1) is 5.76. The molecule has 1 fully saturated rings. The largest absolute Gasteiger partial charge is 0.375 e. The summed E-state index contributed by atoms with van der Waals surface area (Å²) in [5.74, 6) is 0.722. The predicted octanol–water partition coefficient (Wildman–Crippen LogP) is 3.35.